The first kappa shape index (κ1) is 13.7. The Morgan fingerprint density at radius 1 is 1.04 bits per heavy atom. The molecule has 3 aromatic rings. The molecule has 4 nitrogen and oxygen atoms in total. The lowest BCUT2D eigenvalue weighted by Crippen LogP contribution is -2.33. The molecule has 0 radical (unpaired) electrons. The molecule has 5 rings (SSSR count). The molecule has 24 heavy (non-hydrogen) atoms. The Bertz CT molecular complexity index is 892. The standard InChI is InChI=1S/C19H15N3OS/c1-2-5-17-14(4-1)16-12-15(18-6-3-11-24-18)21-22(16)19(23-17)13-7-9-20-10-8-13/h1-11,16,19H,12H2/t16-,19-/m0/s1. The van der Waals surface area contributed by atoms with Crippen LogP contribution in [0.2, 0.25) is 0 Å². The highest BCUT2D eigenvalue weighted by atomic mass is 32.1. The van der Waals surface area contributed by atoms with Crippen molar-refractivity contribution in [3.8, 4) is 5.75 Å². The monoisotopic (exact) mass is 333 g/mol. The van der Waals surface area contributed by atoms with E-state index in [-0.39, 0.29) is 12.3 Å². The molecule has 5 heteroatoms. The summed E-state index contributed by atoms with van der Waals surface area (Å²) in [6.07, 6.45) is 4.29. The third-order valence-corrected chi connectivity index (χ3v) is 5.41. The molecule has 0 amide bonds. The minimum absolute atomic E-state index is 0.213. The largest absolute Gasteiger partial charge is 0.464 e. The Kier molecular flexibility index (Phi) is 3.13. The zero-order chi connectivity index (χ0) is 15.9. The van der Waals surface area contributed by atoms with Gasteiger partial charge in [-0.1, -0.05) is 24.3 Å². The number of hydrogen-bond acceptors (Lipinski definition) is 5. The molecule has 118 valence electrons. The SMILES string of the molecule is c1csc(C2=NN3[C@@H](C2)c2ccccc2O[C@H]3c2ccncc2)c1. The number of aromatic nitrogens is 1. The fraction of sp³-hybridized carbons (Fsp3) is 0.158. The van der Waals surface area contributed by atoms with Crippen molar-refractivity contribution in [2.24, 2.45) is 5.10 Å². The number of benzene rings is 1. The second-order valence-electron chi connectivity index (χ2n) is 5.91. The second-order valence-corrected chi connectivity index (χ2v) is 6.86. The number of hydrazone groups is 1. The zero-order valence-corrected chi connectivity index (χ0v) is 13.7. The number of para-hydroxylation sites is 1. The van der Waals surface area contributed by atoms with Gasteiger partial charge in [-0.2, -0.15) is 5.10 Å². The van der Waals surface area contributed by atoms with Crippen molar-refractivity contribution in [2.45, 2.75) is 18.7 Å². The average molecular weight is 333 g/mol. The van der Waals surface area contributed by atoms with Crippen molar-refractivity contribution in [1.82, 2.24) is 9.99 Å². The number of thiophene rings is 1. The lowest BCUT2D eigenvalue weighted by atomic mass is 9.98. The summed E-state index contributed by atoms with van der Waals surface area (Å²) in [5, 5.41) is 9.13. The molecule has 2 atom stereocenters. The van der Waals surface area contributed by atoms with Crippen LogP contribution in [0.25, 0.3) is 0 Å². The van der Waals surface area contributed by atoms with Crippen LogP contribution >= 0.6 is 11.3 Å². The predicted molar refractivity (Wildman–Crippen MR) is 94.1 cm³/mol. The predicted octanol–water partition coefficient (Wildman–Crippen LogP) is 4.39. The van der Waals surface area contributed by atoms with E-state index < -0.39 is 0 Å². The number of ether oxygens (including phenoxy) is 1. The summed E-state index contributed by atoms with van der Waals surface area (Å²) in [5.74, 6) is 0.947. The highest BCUT2D eigenvalue weighted by Gasteiger charge is 2.40. The lowest BCUT2D eigenvalue weighted by Gasteiger charge is -2.38. The maximum Gasteiger partial charge on any atom is 0.213 e. The van der Waals surface area contributed by atoms with Crippen molar-refractivity contribution in [3.05, 3.63) is 82.3 Å². The van der Waals surface area contributed by atoms with E-state index in [0.717, 1.165) is 23.4 Å². The minimum atomic E-state index is -0.217. The number of rotatable bonds is 2. The van der Waals surface area contributed by atoms with Crippen LogP contribution in [0.1, 0.15) is 34.7 Å². The van der Waals surface area contributed by atoms with E-state index in [4.69, 9.17) is 9.84 Å². The van der Waals surface area contributed by atoms with Crippen LogP contribution in [0.4, 0.5) is 0 Å². The fourth-order valence-corrected chi connectivity index (χ4v) is 4.09. The normalized spacial score (nSPS) is 21.7. The van der Waals surface area contributed by atoms with Gasteiger partial charge in [-0.15, -0.1) is 11.3 Å². The van der Waals surface area contributed by atoms with Crippen LogP contribution < -0.4 is 4.74 Å². The van der Waals surface area contributed by atoms with Gasteiger partial charge < -0.3 is 4.74 Å². The van der Waals surface area contributed by atoms with Crippen LogP contribution in [0.5, 0.6) is 5.75 Å². The van der Waals surface area contributed by atoms with Crippen LogP contribution in [0.15, 0.2) is 71.4 Å². The van der Waals surface area contributed by atoms with Gasteiger partial charge in [0.2, 0.25) is 6.23 Å². The van der Waals surface area contributed by atoms with Crippen molar-refractivity contribution in [3.63, 3.8) is 0 Å². The van der Waals surface area contributed by atoms with Gasteiger partial charge in [0.1, 0.15) is 5.75 Å². The van der Waals surface area contributed by atoms with Gasteiger partial charge in [0.15, 0.2) is 0 Å². The molecule has 0 saturated heterocycles. The maximum absolute atomic E-state index is 6.29. The maximum atomic E-state index is 6.29. The van der Waals surface area contributed by atoms with E-state index in [0.29, 0.717) is 0 Å². The Morgan fingerprint density at radius 3 is 2.75 bits per heavy atom. The first-order valence-corrected chi connectivity index (χ1v) is 8.83. The minimum Gasteiger partial charge on any atom is -0.464 e. The van der Waals surface area contributed by atoms with Gasteiger partial charge in [0.25, 0.3) is 0 Å². The molecule has 0 saturated carbocycles. The molecule has 2 aromatic heterocycles. The quantitative estimate of drug-likeness (QED) is 0.698. The summed E-state index contributed by atoms with van der Waals surface area (Å²) in [7, 11) is 0. The van der Waals surface area contributed by atoms with E-state index in [1.165, 1.54) is 10.4 Å². The molecule has 1 aromatic carbocycles. The van der Waals surface area contributed by atoms with E-state index in [9.17, 15) is 0 Å². The fourth-order valence-electron chi connectivity index (χ4n) is 3.37. The van der Waals surface area contributed by atoms with Gasteiger partial charge >= 0.3 is 0 Å². The second kappa shape index (κ2) is 5.46. The van der Waals surface area contributed by atoms with Crippen LogP contribution in [-0.2, 0) is 0 Å². The van der Waals surface area contributed by atoms with E-state index in [1.807, 2.05) is 24.3 Å². The number of hydrogen-bond donors (Lipinski definition) is 0. The summed E-state index contributed by atoms with van der Waals surface area (Å²) >= 11 is 1.74. The van der Waals surface area contributed by atoms with Gasteiger partial charge in [-0.25, -0.2) is 5.01 Å². The molecule has 0 aliphatic carbocycles. The van der Waals surface area contributed by atoms with Crippen LogP contribution in [0, 0.1) is 0 Å². The van der Waals surface area contributed by atoms with E-state index >= 15 is 0 Å². The Morgan fingerprint density at radius 2 is 1.92 bits per heavy atom. The topological polar surface area (TPSA) is 37.7 Å². The zero-order valence-electron chi connectivity index (χ0n) is 12.9. The first-order chi connectivity index (χ1) is 11.9. The summed E-state index contributed by atoms with van der Waals surface area (Å²) < 4.78 is 6.29. The Labute approximate surface area is 144 Å². The molecule has 0 N–H and O–H groups in total. The summed E-state index contributed by atoms with van der Waals surface area (Å²) in [6.45, 7) is 0. The van der Waals surface area contributed by atoms with E-state index in [1.54, 1.807) is 23.7 Å². The molecule has 0 spiro atoms. The third-order valence-electron chi connectivity index (χ3n) is 4.50. The molecule has 2 aliphatic heterocycles. The van der Waals surface area contributed by atoms with Crippen molar-refractivity contribution >= 4 is 17.0 Å². The summed E-state index contributed by atoms with van der Waals surface area (Å²) in [4.78, 5) is 5.35. The average Bonchev–Trinajstić information content (AvgIpc) is 3.31. The van der Waals surface area contributed by atoms with Gasteiger partial charge in [-0.3, -0.25) is 4.98 Å². The molecule has 0 bridgehead atoms. The number of fused-ring (bicyclic) bond motifs is 3. The number of nitrogens with zero attached hydrogens (tertiary/aromatic N) is 3. The first-order valence-electron chi connectivity index (χ1n) is 7.95. The summed E-state index contributed by atoms with van der Waals surface area (Å²) in [6, 6.07) is 16.7. The molecule has 4 heterocycles. The highest BCUT2D eigenvalue weighted by molar-refractivity contribution is 7.12. The summed E-state index contributed by atoms with van der Waals surface area (Å²) in [5.41, 5.74) is 3.41. The van der Waals surface area contributed by atoms with Crippen LogP contribution in [0.3, 0.4) is 0 Å². The van der Waals surface area contributed by atoms with Crippen molar-refractivity contribution < 1.29 is 4.74 Å². The van der Waals surface area contributed by atoms with Gasteiger partial charge in [0, 0.05) is 29.9 Å². The van der Waals surface area contributed by atoms with Crippen LogP contribution in [-0.4, -0.2) is 15.7 Å². The smallest absolute Gasteiger partial charge is 0.213 e. The Balaban J connectivity index is 1.62. The van der Waals surface area contributed by atoms with Crippen molar-refractivity contribution in [1.29, 1.82) is 0 Å². The van der Waals surface area contributed by atoms with Gasteiger partial charge in [0.05, 0.1) is 16.6 Å². The molecular weight excluding hydrogens is 318 g/mol. The number of pyridine rings is 1. The lowest BCUT2D eigenvalue weighted by molar-refractivity contribution is -0.0190. The van der Waals surface area contributed by atoms with Gasteiger partial charge in [-0.05, 0) is 29.6 Å². The third kappa shape index (κ3) is 2.12. The van der Waals surface area contributed by atoms with Crippen molar-refractivity contribution in [2.75, 3.05) is 0 Å². The molecule has 0 unspecified atom stereocenters. The molecule has 2 aliphatic rings. The molecule has 0 fully saturated rings. The molecular formula is C19H15N3OS. The van der Waals surface area contributed by atoms with E-state index in [2.05, 4.69) is 39.6 Å². The highest BCUT2D eigenvalue weighted by Crippen LogP contribution is 2.47. The Hall–Kier alpha value is -2.66.